The first kappa shape index (κ1) is 18.9. The van der Waals surface area contributed by atoms with Crippen molar-refractivity contribution in [1.82, 2.24) is 19.1 Å². The van der Waals surface area contributed by atoms with Gasteiger partial charge in [0.2, 0.25) is 0 Å². The number of rotatable bonds is 7. The quantitative estimate of drug-likeness (QED) is 0.690. The zero-order chi connectivity index (χ0) is 19.6. The van der Waals surface area contributed by atoms with E-state index in [0.717, 1.165) is 12.8 Å². The van der Waals surface area contributed by atoms with Gasteiger partial charge in [-0.1, -0.05) is 25.5 Å². The van der Waals surface area contributed by atoms with Crippen molar-refractivity contribution in [2.75, 3.05) is 11.9 Å². The largest absolute Gasteiger partial charge is 0.365 e. The predicted molar refractivity (Wildman–Crippen MR) is 104 cm³/mol. The second kappa shape index (κ2) is 7.77. The number of nitrogens with one attached hydrogen (secondary N) is 1. The molecule has 0 amide bonds. The molecule has 144 valence electrons. The van der Waals surface area contributed by atoms with Crippen LogP contribution < -0.4 is 16.1 Å². The van der Waals surface area contributed by atoms with Crippen LogP contribution in [0.5, 0.6) is 0 Å². The summed E-state index contributed by atoms with van der Waals surface area (Å²) < 4.78 is 17.4. The zero-order valence-corrected chi connectivity index (χ0v) is 15.8. The number of H-pyrrole nitrogens is 1. The molecule has 7 nitrogen and oxygen atoms in total. The van der Waals surface area contributed by atoms with E-state index in [1.165, 1.54) is 10.6 Å². The molecule has 0 bridgehead atoms. The maximum Gasteiger partial charge on any atom is 0.330 e. The number of aromatic amines is 1. The highest BCUT2D eigenvalue weighted by molar-refractivity contribution is 5.71. The van der Waals surface area contributed by atoms with E-state index in [1.807, 2.05) is 13.8 Å². The standard InChI is InChI=1S/C19H24FN5O2/c1-4-6-11-25-17-16(18(26)22-19(25)27)24(5-2)15(21-17)12-23(3)14-10-8-7-9-13(14)20/h7-10H,4-6,11-12H2,1-3H3,(H,22,26,27). The molecule has 0 aliphatic rings. The van der Waals surface area contributed by atoms with E-state index >= 15 is 0 Å². The van der Waals surface area contributed by atoms with E-state index in [2.05, 4.69) is 9.97 Å². The number of fused-ring (bicyclic) bond motifs is 1. The smallest absolute Gasteiger partial charge is 0.330 e. The molecule has 1 N–H and O–H groups in total. The van der Waals surface area contributed by atoms with Crippen LogP contribution >= 0.6 is 0 Å². The summed E-state index contributed by atoms with van der Waals surface area (Å²) in [6, 6.07) is 6.50. The Bertz CT molecular complexity index is 1070. The zero-order valence-electron chi connectivity index (χ0n) is 15.8. The third-order valence-corrected chi connectivity index (χ3v) is 4.66. The number of benzene rings is 1. The van der Waals surface area contributed by atoms with Gasteiger partial charge in [0.05, 0.1) is 12.2 Å². The van der Waals surface area contributed by atoms with E-state index in [9.17, 15) is 14.0 Å². The number of halogens is 1. The molecular weight excluding hydrogens is 349 g/mol. The first-order chi connectivity index (χ1) is 13.0. The fourth-order valence-electron chi connectivity index (χ4n) is 3.26. The number of para-hydroxylation sites is 1. The van der Waals surface area contributed by atoms with Gasteiger partial charge in [-0.3, -0.25) is 14.3 Å². The Morgan fingerprint density at radius 1 is 1.19 bits per heavy atom. The molecule has 3 rings (SSSR count). The van der Waals surface area contributed by atoms with Gasteiger partial charge in [0.25, 0.3) is 5.56 Å². The van der Waals surface area contributed by atoms with Gasteiger partial charge in [-0.25, -0.2) is 14.2 Å². The minimum atomic E-state index is -0.448. The molecule has 2 heterocycles. The lowest BCUT2D eigenvalue weighted by Gasteiger charge is -2.19. The van der Waals surface area contributed by atoms with E-state index in [4.69, 9.17) is 0 Å². The molecule has 2 aromatic heterocycles. The molecule has 3 aromatic rings. The Balaban J connectivity index is 2.11. The number of nitrogens with zero attached hydrogens (tertiary/aromatic N) is 4. The van der Waals surface area contributed by atoms with Gasteiger partial charge >= 0.3 is 5.69 Å². The molecule has 0 saturated heterocycles. The molecular formula is C19H24FN5O2. The van der Waals surface area contributed by atoms with Gasteiger partial charge in [-0.15, -0.1) is 0 Å². The predicted octanol–water partition coefficient (Wildman–Crippen LogP) is 2.48. The minimum absolute atomic E-state index is 0.310. The first-order valence-electron chi connectivity index (χ1n) is 9.15. The Kier molecular flexibility index (Phi) is 5.43. The number of hydrogen-bond donors (Lipinski definition) is 1. The minimum Gasteiger partial charge on any atom is -0.365 e. The van der Waals surface area contributed by atoms with Crippen LogP contribution in [-0.2, 0) is 19.6 Å². The Morgan fingerprint density at radius 2 is 1.93 bits per heavy atom. The molecule has 1 aromatic carbocycles. The van der Waals surface area contributed by atoms with E-state index in [1.54, 1.807) is 34.7 Å². The highest BCUT2D eigenvalue weighted by Crippen LogP contribution is 2.20. The highest BCUT2D eigenvalue weighted by Gasteiger charge is 2.19. The van der Waals surface area contributed by atoms with Crippen molar-refractivity contribution in [1.29, 1.82) is 0 Å². The van der Waals surface area contributed by atoms with Crippen LogP contribution in [0.3, 0.4) is 0 Å². The van der Waals surface area contributed by atoms with Crippen molar-refractivity contribution < 1.29 is 4.39 Å². The normalized spacial score (nSPS) is 11.3. The van der Waals surface area contributed by atoms with Crippen molar-refractivity contribution >= 4 is 16.9 Å². The molecule has 0 saturated carbocycles. The fraction of sp³-hybridized carbons (Fsp3) is 0.421. The monoisotopic (exact) mass is 373 g/mol. The van der Waals surface area contributed by atoms with Crippen LogP contribution in [0.4, 0.5) is 10.1 Å². The number of imidazole rings is 1. The van der Waals surface area contributed by atoms with E-state index in [-0.39, 0.29) is 5.82 Å². The lowest BCUT2D eigenvalue weighted by Crippen LogP contribution is -2.31. The summed E-state index contributed by atoms with van der Waals surface area (Å²) in [6.45, 7) is 5.27. The molecule has 0 fully saturated rings. The van der Waals surface area contributed by atoms with Crippen molar-refractivity contribution in [2.45, 2.75) is 46.3 Å². The number of aromatic nitrogens is 4. The summed E-state index contributed by atoms with van der Waals surface area (Å²) in [6.07, 6.45) is 1.73. The SMILES string of the molecule is CCCCn1c(=O)[nH]c(=O)c2c1nc(CN(C)c1ccccc1F)n2CC. The van der Waals surface area contributed by atoms with Crippen LogP contribution in [0, 0.1) is 5.82 Å². The summed E-state index contributed by atoms with van der Waals surface area (Å²) in [4.78, 5) is 33.4. The number of unbranched alkanes of at least 4 members (excludes halogenated alkanes) is 1. The summed E-state index contributed by atoms with van der Waals surface area (Å²) in [5.41, 5.74) is 0.318. The maximum atomic E-state index is 14.1. The lowest BCUT2D eigenvalue weighted by atomic mass is 10.3. The third kappa shape index (κ3) is 3.51. The van der Waals surface area contributed by atoms with Gasteiger partial charge in [-0.2, -0.15) is 0 Å². The van der Waals surface area contributed by atoms with Crippen molar-refractivity contribution in [2.24, 2.45) is 0 Å². The number of hydrogen-bond acceptors (Lipinski definition) is 4. The van der Waals surface area contributed by atoms with Crippen LogP contribution in [0.15, 0.2) is 33.9 Å². The van der Waals surface area contributed by atoms with E-state index < -0.39 is 11.2 Å². The fourth-order valence-corrected chi connectivity index (χ4v) is 3.26. The Labute approximate surface area is 156 Å². The van der Waals surface area contributed by atoms with Gasteiger partial charge in [-0.05, 0) is 25.5 Å². The molecule has 0 aliphatic heterocycles. The molecule has 0 radical (unpaired) electrons. The van der Waals surface area contributed by atoms with Crippen LogP contribution in [0.2, 0.25) is 0 Å². The molecule has 0 spiro atoms. The van der Waals surface area contributed by atoms with Crippen LogP contribution in [0.1, 0.15) is 32.5 Å². The summed E-state index contributed by atoms with van der Waals surface area (Å²) in [5.74, 6) is 0.288. The van der Waals surface area contributed by atoms with Gasteiger partial charge in [0.15, 0.2) is 11.2 Å². The first-order valence-corrected chi connectivity index (χ1v) is 9.15. The highest BCUT2D eigenvalue weighted by atomic mass is 19.1. The summed E-state index contributed by atoms with van der Waals surface area (Å²) in [5, 5.41) is 0. The average molecular weight is 373 g/mol. The second-order valence-electron chi connectivity index (χ2n) is 6.52. The Hall–Kier alpha value is -2.90. The lowest BCUT2D eigenvalue weighted by molar-refractivity contribution is 0.612. The molecule has 27 heavy (non-hydrogen) atoms. The number of anilines is 1. The Morgan fingerprint density at radius 3 is 2.59 bits per heavy atom. The van der Waals surface area contributed by atoms with Gasteiger partial charge in [0.1, 0.15) is 11.6 Å². The third-order valence-electron chi connectivity index (χ3n) is 4.66. The van der Waals surface area contributed by atoms with Gasteiger partial charge < -0.3 is 9.47 Å². The second-order valence-corrected chi connectivity index (χ2v) is 6.52. The molecule has 8 heteroatoms. The van der Waals surface area contributed by atoms with Crippen molar-refractivity contribution in [3.63, 3.8) is 0 Å². The van der Waals surface area contributed by atoms with Crippen molar-refractivity contribution in [3.8, 4) is 0 Å². The van der Waals surface area contributed by atoms with Crippen LogP contribution in [0.25, 0.3) is 11.2 Å². The molecule has 0 unspecified atom stereocenters. The van der Waals surface area contributed by atoms with E-state index in [0.29, 0.717) is 42.3 Å². The summed E-state index contributed by atoms with van der Waals surface area (Å²) >= 11 is 0. The number of aryl methyl sites for hydroxylation is 2. The van der Waals surface area contributed by atoms with Crippen LogP contribution in [-0.4, -0.2) is 26.1 Å². The molecule has 0 atom stereocenters. The molecule has 0 aliphatic carbocycles. The maximum absolute atomic E-state index is 14.1. The summed E-state index contributed by atoms with van der Waals surface area (Å²) in [7, 11) is 1.77. The topological polar surface area (TPSA) is 75.9 Å². The van der Waals surface area contributed by atoms with Gasteiger partial charge in [0, 0.05) is 20.1 Å². The average Bonchev–Trinajstić information content (AvgIpc) is 3.00. The van der Waals surface area contributed by atoms with Crippen molar-refractivity contribution in [3.05, 3.63) is 56.7 Å².